The molecule has 0 spiro atoms. The Morgan fingerprint density at radius 2 is 1.93 bits per heavy atom. The number of hydrogen-bond donors (Lipinski definition) is 0. The second-order valence-electron chi connectivity index (χ2n) is 7.01. The van der Waals surface area contributed by atoms with E-state index >= 15 is 0 Å². The molecule has 3 unspecified atom stereocenters. The Balaban J connectivity index is 1.89. The zero-order chi connectivity index (χ0) is 11.1. The summed E-state index contributed by atoms with van der Waals surface area (Å²) in [6.07, 6.45) is 7.98. The second kappa shape index (κ2) is 4.08. The van der Waals surface area contributed by atoms with E-state index in [2.05, 4.69) is 39.1 Å². The molecule has 0 aromatic rings. The van der Waals surface area contributed by atoms with E-state index in [1.807, 2.05) is 0 Å². The van der Waals surface area contributed by atoms with Crippen LogP contribution in [0.3, 0.4) is 0 Å². The smallest absolute Gasteiger partial charge is 0.0479 e. The third kappa shape index (κ3) is 2.75. The standard InChI is InChI=1S/C14H26Si/c1-11(2)9-15(3,4)10-14-8-12-5-6-13(14)7-12/h5-6,11-14H,7-10H2,1-4H3. The minimum Gasteiger partial charge on any atom is -0.0851 e. The molecule has 86 valence electrons. The lowest BCUT2D eigenvalue weighted by molar-refractivity contribution is 0.484. The Bertz CT molecular complexity index is 252. The van der Waals surface area contributed by atoms with Crippen molar-refractivity contribution in [3.8, 4) is 0 Å². The first kappa shape index (κ1) is 11.4. The van der Waals surface area contributed by atoms with E-state index in [1.165, 1.54) is 18.9 Å². The molecule has 0 saturated heterocycles. The Morgan fingerprint density at radius 3 is 2.40 bits per heavy atom. The van der Waals surface area contributed by atoms with Crippen molar-refractivity contribution in [1.29, 1.82) is 0 Å². The molecule has 0 aromatic carbocycles. The van der Waals surface area contributed by atoms with Crippen LogP contribution in [0.5, 0.6) is 0 Å². The second-order valence-corrected chi connectivity index (χ2v) is 12.2. The minimum absolute atomic E-state index is 0.903. The van der Waals surface area contributed by atoms with Gasteiger partial charge in [-0.15, -0.1) is 0 Å². The lowest BCUT2D eigenvalue weighted by Gasteiger charge is -2.30. The molecule has 2 rings (SSSR count). The lowest BCUT2D eigenvalue weighted by Crippen LogP contribution is -2.31. The van der Waals surface area contributed by atoms with Crippen molar-refractivity contribution < 1.29 is 0 Å². The van der Waals surface area contributed by atoms with Gasteiger partial charge in [-0.2, -0.15) is 0 Å². The third-order valence-electron chi connectivity index (χ3n) is 4.19. The van der Waals surface area contributed by atoms with Crippen LogP contribution >= 0.6 is 0 Å². The zero-order valence-electron chi connectivity index (χ0n) is 10.8. The molecule has 2 bridgehead atoms. The van der Waals surface area contributed by atoms with Crippen LogP contribution in [-0.4, -0.2) is 8.07 Å². The summed E-state index contributed by atoms with van der Waals surface area (Å²) in [4.78, 5) is 0. The van der Waals surface area contributed by atoms with Crippen molar-refractivity contribution in [2.24, 2.45) is 23.7 Å². The molecule has 0 aliphatic heterocycles. The van der Waals surface area contributed by atoms with E-state index in [0.717, 1.165) is 23.7 Å². The molecule has 0 radical (unpaired) electrons. The van der Waals surface area contributed by atoms with Gasteiger partial charge in [0, 0.05) is 8.07 Å². The molecular formula is C14H26Si. The molecule has 3 atom stereocenters. The SMILES string of the molecule is CC(C)C[Si](C)(C)CC1CC2C=CC1C2. The minimum atomic E-state index is -0.903. The quantitative estimate of drug-likeness (QED) is 0.483. The van der Waals surface area contributed by atoms with Crippen molar-refractivity contribution in [1.82, 2.24) is 0 Å². The highest BCUT2D eigenvalue weighted by atomic mass is 28.3. The predicted octanol–water partition coefficient (Wildman–Crippen LogP) is 4.56. The molecule has 0 heterocycles. The molecule has 0 aromatic heterocycles. The molecule has 1 fully saturated rings. The van der Waals surface area contributed by atoms with Gasteiger partial charge < -0.3 is 0 Å². The fourth-order valence-electron chi connectivity index (χ4n) is 4.03. The summed E-state index contributed by atoms with van der Waals surface area (Å²) in [6.45, 7) is 9.97. The van der Waals surface area contributed by atoms with Gasteiger partial charge in [0.2, 0.25) is 0 Å². The number of hydrogen-bond acceptors (Lipinski definition) is 0. The number of allylic oxidation sites excluding steroid dienone is 2. The third-order valence-corrected chi connectivity index (χ3v) is 7.74. The van der Waals surface area contributed by atoms with Crippen LogP contribution in [0.25, 0.3) is 0 Å². The predicted molar refractivity (Wildman–Crippen MR) is 70.8 cm³/mol. The van der Waals surface area contributed by atoms with Crippen molar-refractivity contribution in [3.63, 3.8) is 0 Å². The summed E-state index contributed by atoms with van der Waals surface area (Å²) in [5, 5.41) is 0. The van der Waals surface area contributed by atoms with Crippen LogP contribution < -0.4 is 0 Å². The van der Waals surface area contributed by atoms with Crippen molar-refractivity contribution >= 4 is 8.07 Å². The summed E-state index contributed by atoms with van der Waals surface area (Å²) in [6, 6.07) is 3.10. The molecule has 0 N–H and O–H groups in total. The highest BCUT2D eigenvalue weighted by Gasteiger charge is 2.38. The van der Waals surface area contributed by atoms with Gasteiger partial charge in [-0.25, -0.2) is 0 Å². The number of fused-ring (bicyclic) bond motifs is 2. The first-order valence-corrected chi connectivity index (χ1v) is 10.1. The first-order chi connectivity index (χ1) is 6.96. The van der Waals surface area contributed by atoms with Crippen molar-refractivity contribution in [3.05, 3.63) is 12.2 Å². The van der Waals surface area contributed by atoms with E-state index in [4.69, 9.17) is 0 Å². The van der Waals surface area contributed by atoms with Gasteiger partial charge in [0.1, 0.15) is 0 Å². The van der Waals surface area contributed by atoms with E-state index in [-0.39, 0.29) is 0 Å². The molecule has 1 saturated carbocycles. The molecule has 0 amide bonds. The zero-order valence-corrected chi connectivity index (χ0v) is 11.8. The average molecular weight is 222 g/mol. The first-order valence-electron chi connectivity index (χ1n) is 6.64. The van der Waals surface area contributed by atoms with Gasteiger partial charge in [0.25, 0.3) is 0 Å². The Morgan fingerprint density at radius 1 is 1.20 bits per heavy atom. The summed E-state index contributed by atoms with van der Waals surface area (Å²) in [7, 11) is -0.903. The van der Waals surface area contributed by atoms with Crippen molar-refractivity contribution in [2.75, 3.05) is 0 Å². The molecule has 1 heteroatoms. The molecule has 15 heavy (non-hydrogen) atoms. The number of rotatable bonds is 4. The van der Waals surface area contributed by atoms with Gasteiger partial charge in [-0.05, 0) is 36.5 Å². The topological polar surface area (TPSA) is 0 Å². The largest absolute Gasteiger partial charge is 0.0851 e. The van der Waals surface area contributed by atoms with Gasteiger partial charge in [-0.3, -0.25) is 0 Å². The van der Waals surface area contributed by atoms with E-state index in [9.17, 15) is 0 Å². The van der Waals surface area contributed by atoms with E-state index in [1.54, 1.807) is 6.04 Å². The average Bonchev–Trinajstić information content (AvgIpc) is 2.60. The Hall–Kier alpha value is -0.0431. The monoisotopic (exact) mass is 222 g/mol. The molecular weight excluding hydrogens is 196 g/mol. The molecule has 2 aliphatic rings. The van der Waals surface area contributed by atoms with Crippen LogP contribution in [0.2, 0.25) is 25.2 Å². The van der Waals surface area contributed by atoms with Gasteiger partial charge in [-0.1, -0.05) is 51.2 Å². The van der Waals surface area contributed by atoms with Crippen LogP contribution in [0.1, 0.15) is 26.7 Å². The van der Waals surface area contributed by atoms with Crippen LogP contribution in [0, 0.1) is 23.7 Å². The highest BCUT2D eigenvalue weighted by Crippen LogP contribution is 2.47. The Labute approximate surface area is 96.2 Å². The molecule has 2 aliphatic carbocycles. The molecule has 0 nitrogen and oxygen atoms in total. The Kier molecular flexibility index (Phi) is 3.11. The summed E-state index contributed by atoms with van der Waals surface area (Å²) >= 11 is 0. The fraction of sp³-hybridized carbons (Fsp3) is 0.857. The fourth-order valence-corrected chi connectivity index (χ4v) is 8.29. The van der Waals surface area contributed by atoms with Crippen LogP contribution in [0.4, 0.5) is 0 Å². The van der Waals surface area contributed by atoms with Crippen LogP contribution in [0.15, 0.2) is 12.2 Å². The van der Waals surface area contributed by atoms with Crippen molar-refractivity contribution in [2.45, 2.75) is 51.9 Å². The maximum absolute atomic E-state index is 2.60. The summed E-state index contributed by atoms with van der Waals surface area (Å²) < 4.78 is 0. The van der Waals surface area contributed by atoms with Gasteiger partial charge in [0.15, 0.2) is 0 Å². The highest BCUT2D eigenvalue weighted by molar-refractivity contribution is 6.77. The van der Waals surface area contributed by atoms with Gasteiger partial charge in [0.05, 0.1) is 0 Å². The lowest BCUT2D eigenvalue weighted by atomic mass is 9.96. The maximum atomic E-state index is 2.60. The van der Waals surface area contributed by atoms with E-state index in [0.29, 0.717) is 0 Å². The summed E-state index contributed by atoms with van der Waals surface area (Å²) in [5.41, 5.74) is 0. The summed E-state index contributed by atoms with van der Waals surface area (Å²) in [5.74, 6) is 3.89. The normalized spacial score (nSPS) is 34.3. The van der Waals surface area contributed by atoms with Crippen LogP contribution in [-0.2, 0) is 0 Å². The maximum Gasteiger partial charge on any atom is 0.0479 e. The van der Waals surface area contributed by atoms with E-state index < -0.39 is 8.07 Å². The van der Waals surface area contributed by atoms with Gasteiger partial charge >= 0.3 is 0 Å².